The summed E-state index contributed by atoms with van der Waals surface area (Å²) in [7, 11) is 3.03. The molecule has 6 nitrogen and oxygen atoms in total. The highest BCUT2D eigenvalue weighted by atomic mass is 19.3. The fourth-order valence-corrected chi connectivity index (χ4v) is 1.87. The summed E-state index contributed by atoms with van der Waals surface area (Å²) in [5.74, 6) is -3.63. The van der Waals surface area contributed by atoms with E-state index in [1.807, 2.05) is 5.32 Å². The van der Waals surface area contributed by atoms with Gasteiger partial charge >= 0.3 is 6.03 Å². The summed E-state index contributed by atoms with van der Waals surface area (Å²) in [6.45, 7) is -0.980. The normalized spacial score (nSPS) is 11.2. The van der Waals surface area contributed by atoms with E-state index in [0.29, 0.717) is 5.88 Å². The van der Waals surface area contributed by atoms with Gasteiger partial charge in [0, 0.05) is 18.7 Å². The van der Waals surface area contributed by atoms with Gasteiger partial charge in [-0.3, -0.25) is 5.32 Å². The lowest BCUT2D eigenvalue weighted by molar-refractivity contribution is -0.000375. The van der Waals surface area contributed by atoms with Crippen molar-refractivity contribution in [1.82, 2.24) is 15.1 Å². The van der Waals surface area contributed by atoms with E-state index >= 15 is 0 Å². The molecule has 1 aromatic carbocycles. The van der Waals surface area contributed by atoms with Crippen molar-refractivity contribution in [1.29, 1.82) is 0 Å². The van der Waals surface area contributed by atoms with Crippen LogP contribution < -0.4 is 15.4 Å². The second-order valence-electron chi connectivity index (χ2n) is 4.72. The first kappa shape index (κ1) is 16.7. The minimum Gasteiger partial charge on any atom is -0.481 e. The summed E-state index contributed by atoms with van der Waals surface area (Å²) in [5, 5.41) is 8.25. The highest BCUT2D eigenvalue weighted by molar-refractivity contribution is 5.88. The Kier molecular flexibility index (Phi) is 4.77. The molecule has 2 aromatic rings. The fraction of sp³-hybridized carbons (Fsp3) is 0.286. The van der Waals surface area contributed by atoms with Crippen LogP contribution in [0.15, 0.2) is 30.3 Å². The van der Waals surface area contributed by atoms with Crippen LogP contribution in [-0.4, -0.2) is 29.5 Å². The molecule has 0 aliphatic heterocycles. The highest BCUT2D eigenvalue weighted by Gasteiger charge is 2.32. The second-order valence-corrected chi connectivity index (χ2v) is 4.72. The molecule has 2 rings (SSSR count). The number of anilines is 1. The van der Waals surface area contributed by atoms with Crippen LogP contribution in [0.2, 0.25) is 0 Å². The number of aryl methyl sites for hydroxylation is 1. The monoisotopic (exact) mass is 328 g/mol. The van der Waals surface area contributed by atoms with Gasteiger partial charge in [0.25, 0.3) is 5.92 Å². The van der Waals surface area contributed by atoms with E-state index in [1.165, 1.54) is 23.9 Å². The number of hydrogen-bond donors (Lipinski definition) is 2. The summed E-state index contributed by atoms with van der Waals surface area (Å²) < 4.78 is 47.2. The van der Waals surface area contributed by atoms with Gasteiger partial charge in [0.2, 0.25) is 5.88 Å². The second kappa shape index (κ2) is 6.59. The first-order valence-corrected chi connectivity index (χ1v) is 6.58. The molecule has 23 heavy (non-hydrogen) atoms. The number of nitrogens with zero attached hydrogens (tertiary/aromatic N) is 2. The summed E-state index contributed by atoms with van der Waals surface area (Å²) >= 11 is 0. The van der Waals surface area contributed by atoms with Crippen LogP contribution in [0.4, 0.5) is 23.8 Å². The Bertz CT molecular complexity index is 703. The average molecular weight is 328 g/mol. The molecule has 0 radical (unpaired) electrons. The molecule has 0 unspecified atom stereocenters. The number of carbonyl (C=O) groups excluding carboxylic acids is 1. The van der Waals surface area contributed by atoms with Gasteiger partial charge in [-0.05, 0) is 12.1 Å². The molecule has 0 spiro atoms. The number of nitrogens with one attached hydrogen (secondary N) is 2. The highest BCUT2D eigenvalue weighted by Crippen LogP contribution is 2.27. The number of carbonyl (C=O) groups is 1. The van der Waals surface area contributed by atoms with Crippen LogP contribution in [0.25, 0.3) is 0 Å². The molecule has 2 amide bonds. The number of ether oxygens (including phenoxy) is 1. The maximum Gasteiger partial charge on any atom is 0.320 e. The molecule has 124 valence electrons. The molecule has 0 aliphatic carbocycles. The van der Waals surface area contributed by atoms with E-state index < -0.39 is 29.9 Å². The summed E-state index contributed by atoms with van der Waals surface area (Å²) in [6.07, 6.45) is 0. The fourth-order valence-electron chi connectivity index (χ4n) is 1.87. The van der Waals surface area contributed by atoms with Gasteiger partial charge < -0.3 is 10.1 Å². The molecule has 0 saturated heterocycles. The number of alkyl halides is 2. The molecule has 0 fully saturated rings. The van der Waals surface area contributed by atoms with Gasteiger partial charge in [0.1, 0.15) is 5.82 Å². The lowest BCUT2D eigenvalue weighted by Gasteiger charge is -2.17. The van der Waals surface area contributed by atoms with Crippen molar-refractivity contribution >= 4 is 11.8 Å². The third-order valence-electron chi connectivity index (χ3n) is 3.01. The predicted molar refractivity (Wildman–Crippen MR) is 77.1 cm³/mol. The maximum absolute atomic E-state index is 13.9. The Labute approximate surface area is 130 Å². The third-order valence-corrected chi connectivity index (χ3v) is 3.01. The van der Waals surface area contributed by atoms with Crippen LogP contribution in [-0.2, 0) is 13.0 Å². The molecule has 9 heteroatoms. The van der Waals surface area contributed by atoms with Gasteiger partial charge in [-0.2, -0.15) is 13.9 Å². The van der Waals surface area contributed by atoms with Gasteiger partial charge in [-0.25, -0.2) is 13.9 Å². The zero-order valence-corrected chi connectivity index (χ0v) is 12.4. The Hall–Kier alpha value is -2.71. The van der Waals surface area contributed by atoms with Gasteiger partial charge in [-0.1, -0.05) is 12.1 Å². The molecule has 0 aliphatic rings. The van der Waals surface area contributed by atoms with Crippen molar-refractivity contribution in [2.75, 3.05) is 19.0 Å². The zero-order valence-electron chi connectivity index (χ0n) is 12.4. The van der Waals surface area contributed by atoms with E-state index in [0.717, 1.165) is 18.2 Å². The molecule has 0 saturated carbocycles. The van der Waals surface area contributed by atoms with Crippen LogP contribution in [0, 0.1) is 5.82 Å². The Morgan fingerprint density at radius 1 is 1.39 bits per heavy atom. The molecule has 1 heterocycles. The van der Waals surface area contributed by atoms with E-state index in [2.05, 4.69) is 10.4 Å². The number of rotatable bonds is 5. The number of aromatic nitrogens is 2. The van der Waals surface area contributed by atoms with Crippen LogP contribution in [0.3, 0.4) is 0 Å². The van der Waals surface area contributed by atoms with Crippen LogP contribution in [0.1, 0.15) is 5.56 Å². The number of benzene rings is 1. The largest absolute Gasteiger partial charge is 0.481 e. The number of amides is 2. The van der Waals surface area contributed by atoms with Crippen molar-refractivity contribution in [3.05, 3.63) is 41.7 Å². The Balaban J connectivity index is 1.95. The quantitative estimate of drug-likeness (QED) is 0.886. The lowest BCUT2D eigenvalue weighted by Crippen LogP contribution is -2.37. The number of halogens is 3. The zero-order chi connectivity index (χ0) is 17.0. The number of hydrogen-bond acceptors (Lipinski definition) is 3. The van der Waals surface area contributed by atoms with Crippen LogP contribution in [0.5, 0.6) is 5.88 Å². The van der Waals surface area contributed by atoms with E-state index in [9.17, 15) is 18.0 Å². The van der Waals surface area contributed by atoms with E-state index in [-0.39, 0.29) is 5.82 Å². The lowest BCUT2D eigenvalue weighted by atomic mass is 10.1. The van der Waals surface area contributed by atoms with Crippen LogP contribution >= 0.6 is 0 Å². The van der Waals surface area contributed by atoms with E-state index in [1.54, 1.807) is 7.05 Å². The number of urea groups is 1. The Morgan fingerprint density at radius 3 is 2.74 bits per heavy atom. The Morgan fingerprint density at radius 2 is 2.13 bits per heavy atom. The van der Waals surface area contributed by atoms with Crippen molar-refractivity contribution in [2.24, 2.45) is 7.05 Å². The maximum atomic E-state index is 13.9. The van der Waals surface area contributed by atoms with E-state index in [4.69, 9.17) is 4.74 Å². The van der Waals surface area contributed by atoms with Crippen molar-refractivity contribution in [3.8, 4) is 5.88 Å². The first-order valence-electron chi connectivity index (χ1n) is 6.58. The standard InChI is InChI=1S/C14H15F3N4O2/c1-21-12(23-2)7-11(20-21)19-13(22)18-8-14(16,17)9-4-3-5-10(15)6-9/h3-7H,8H2,1-2H3,(H2,18,19,20,22). The molecule has 2 N–H and O–H groups in total. The average Bonchev–Trinajstić information content (AvgIpc) is 2.85. The first-order chi connectivity index (χ1) is 10.8. The molecule has 1 aromatic heterocycles. The van der Waals surface area contributed by atoms with Crippen molar-refractivity contribution in [3.63, 3.8) is 0 Å². The smallest absolute Gasteiger partial charge is 0.320 e. The number of methoxy groups -OCH3 is 1. The van der Waals surface area contributed by atoms with Gasteiger partial charge in [0.15, 0.2) is 5.82 Å². The minimum absolute atomic E-state index is 0.149. The topological polar surface area (TPSA) is 68.2 Å². The molecular weight excluding hydrogens is 313 g/mol. The molecule has 0 bridgehead atoms. The molecule has 0 atom stereocenters. The van der Waals surface area contributed by atoms with Gasteiger partial charge in [0.05, 0.1) is 13.7 Å². The predicted octanol–water partition coefficient (Wildman–Crippen LogP) is 2.48. The van der Waals surface area contributed by atoms with Gasteiger partial charge in [-0.15, -0.1) is 0 Å². The summed E-state index contributed by atoms with van der Waals surface area (Å²) in [6, 6.07) is 4.63. The molecular formula is C14H15F3N4O2. The summed E-state index contributed by atoms with van der Waals surface area (Å²) in [4.78, 5) is 11.6. The summed E-state index contributed by atoms with van der Waals surface area (Å²) in [5.41, 5.74) is -0.516. The third kappa shape index (κ3) is 4.15. The SMILES string of the molecule is COc1cc(NC(=O)NCC(F)(F)c2cccc(F)c2)nn1C. The van der Waals surface area contributed by atoms with Crippen molar-refractivity contribution in [2.45, 2.75) is 5.92 Å². The van der Waals surface area contributed by atoms with Crippen molar-refractivity contribution < 1.29 is 22.7 Å². The minimum atomic E-state index is -3.40.